The zero-order valence-electron chi connectivity index (χ0n) is 8.76. The van der Waals surface area contributed by atoms with Crippen LogP contribution in [0.15, 0.2) is 28.7 Å². The van der Waals surface area contributed by atoms with Crippen LogP contribution in [-0.4, -0.2) is 16.7 Å². The third-order valence-corrected chi connectivity index (χ3v) is 3.34. The first-order chi connectivity index (χ1) is 7.84. The fourth-order valence-corrected chi connectivity index (χ4v) is 2.47. The van der Waals surface area contributed by atoms with E-state index in [0.717, 1.165) is 28.7 Å². The molecule has 0 atom stereocenters. The van der Waals surface area contributed by atoms with Crippen LogP contribution in [0.25, 0.3) is 11.3 Å². The van der Waals surface area contributed by atoms with E-state index >= 15 is 0 Å². The van der Waals surface area contributed by atoms with E-state index in [0.29, 0.717) is 0 Å². The Morgan fingerprint density at radius 3 is 3.12 bits per heavy atom. The first kappa shape index (κ1) is 9.90. The smallest absolute Gasteiger partial charge is 0.116 e. The SMILES string of the molecule is Brc1cccc(-c2n[nH]c3c2NCCC3)c1. The van der Waals surface area contributed by atoms with Gasteiger partial charge in [0.15, 0.2) is 0 Å². The second kappa shape index (κ2) is 3.94. The van der Waals surface area contributed by atoms with Gasteiger partial charge < -0.3 is 5.32 Å². The highest BCUT2D eigenvalue weighted by Gasteiger charge is 2.17. The molecule has 16 heavy (non-hydrogen) atoms. The average molecular weight is 278 g/mol. The molecule has 1 aliphatic heterocycles. The van der Waals surface area contributed by atoms with Crippen LogP contribution in [0.4, 0.5) is 5.69 Å². The van der Waals surface area contributed by atoms with Gasteiger partial charge in [-0.15, -0.1) is 0 Å². The number of nitrogens with one attached hydrogen (secondary N) is 2. The Morgan fingerprint density at radius 2 is 2.25 bits per heavy atom. The summed E-state index contributed by atoms with van der Waals surface area (Å²) >= 11 is 3.49. The van der Waals surface area contributed by atoms with Crippen molar-refractivity contribution < 1.29 is 0 Å². The number of fused-ring (bicyclic) bond motifs is 1. The van der Waals surface area contributed by atoms with Crippen LogP contribution < -0.4 is 5.32 Å². The molecule has 0 saturated carbocycles. The zero-order valence-corrected chi connectivity index (χ0v) is 10.3. The number of hydrogen-bond acceptors (Lipinski definition) is 2. The third kappa shape index (κ3) is 1.63. The molecule has 4 heteroatoms. The molecule has 0 amide bonds. The second-order valence-corrected chi connectivity index (χ2v) is 4.88. The van der Waals surface area contributed by atoms with Crippen LogP contribution >= 0.6 is 15.9 Å². The highest BCUT2D eigenvalue weighted by Crippen LogP contribution is 2.32. The predicted octanol–water partition coefficient (Wildman–Crippen LogP) is 3.20. The summed E-state index contributed by atoms with van der Waals surface area (Å²) in [6, 6.07) is 8.23. The largest absolute Gasteiger partial charge is 0.382 e. The van der Waals surface area contributed by atoms with Gasteiger partial charge in [-0.1, -0.05) is 28.1 Å². The van der Waals surface area contributed by atoms with E-state index < -0.39 is 0 Å². The van der Waals surface area contributed by atoms with E-state index in [1.807, 2.05) is 12.1 Å². The molecule has 2 N–H and O–H groups in total. The lowest BCUT2D eigenvalue weighted by atomic mass is 10.1. The number of hydrogen-bond donors (Lipinski definition) is 2. The van der Waals surface area contributed by atoms with Crippen molar-refractivity contribution in [2.45, 2.75) is 12.8 Å². The van der Waals surface area contributed by atoms with Gasteiger partial charge in [0.25, 0.3) is 0 Å². The summed E-state index contributed by atoms with van der Waals surface area (Å²) in [6.07, 6.45) is 2.26. The van der Waals surface area contributed by atoms with Gasteiger partial charge in [-0.05, 0) is 25.0 Å². The fraction of sp³-hybridized carbons (Fsp3) is 0.250. The Morgan fingerprint density at radius 1 is 1.31 bits per heavy atom. The molecule has 0 spiro atoms. The van der Waals surface area contributed by atoms with Crippen molar-refractivity contribution in [2.24, 2.45) is 0 Å². The normalized spacial score (nSPS) is 14.3. The van der Waals surface area contributed by atoms with Crippen LogP contribution in [0.1, 0.15) is 12.1 Å². The molecule has 3 rings (SSSR count). The van der Waals surface area contributed by atoms with E-state index in [1.54, 1.807) is 0 Å². The maximum Gasteiger partial charge on any atom is 0.116 e. The zero-order chi connectivity index (χ0) is 11.0. The standard InChI is InChI=1S/C12H12BrN3/c13-9-4-1-3-8(7-9)11-12-10(15-16-11)5-2-6-14-12/h1,3-4,7,14H,2,5-6H2,(H,15,16). The lowest BCUT2D eigenvalue weighted by Gasteiger charge is -2.14. The summed E-state index contributed by atoms with van der Waals surface area (Å²) in [4.78, 5) is 0. The van der Waals surface area contributed by atoms with Crippen molar-refractivity contribution in [3.05, 3.63) is 34.4 Å². The van der Waals surface area contributed by atoms with Crippen molar-refractivity contribution >= 4 is 21.6 Å². The monoisotopic (exact) mass is 277 g/mol. The number of rotatable bonds is 1. The first-order valence-electron chi connectivity index (χ1n) is 5.41. The van der Waals surface area contributed by atoms with Gasteiger partial charge in [0.2, 0.25) is 0 Å². The average Bonchev–Trinajstić information content (AvgIpc) is 2.72. The molecule has 1 aromatic heterocycles. The fourth-order valence-electron chi connectivity index (χ4n) is 2.07. The molecule has 2 heterocycles. The number of benzene rings is 1. The predicted molar refractivity (Wildman–Crippen MR) is 68.5 cm³/mol. The minimum absolute atomic E-state index is 1.02. The molecule has 82 valence electrons. The van der Waals surface area contributed by atoms with Gasteiger partial charge in [0.1, 0.15) is 5.69 Å². The maximum absolute atomic E-state index is 4.40. The van der Waals surface area contributed by atoms with Gasteiger partial charge in [-0.2, -0.15) is 5.10 Å². The van der Waals surface area contributed by atoms with E-state index in [1.165, 1.54) is 17.8 Å². The van der Waals surface area contributed by atoms with Crippen LogP contribution in [-0.2, 0) is 6.42 Å². The number of halogens is 1. The summed E-state index contributed by atoms with van der Waals surface area (Å²) < 4.78 is 1.08. The van der Waals surface area contributed by atoms with Crippen molar-refractivity contribution in [1.82, 2.24) is 10.2 Å². The first-order valence-corrected chi connectivity index (χ1v) is 6.21. The van der Waals surface area contributed by atoms with Gasteiger partial charge in [0.05, 0.1) is 11.4 Å². The molecule has 0 bridgehead atoms. The molecule has 3 nitrogen and oxygen atoms in total. The van der Waals surface area contributed by atoms with Crippen molar-refractivity contribution in [1.29, 1.82) is 0 Å². The summed E-state index contributed by atoms with van der Waals surface area (Å²) in [7, 11) is 0. The summed E-state index contributed by atoms with van der Waals surface area (Å²) in [5, 5.41) is 10.9. The highest BCUT2D eigenvalue weighted by molar-refractivity contribution is 9.10. The molecule has 0 radical (unpaired) electrons. The van der Waals surface area contributed by atoms with Crippen LogP contribution in [0.2, 0.25) is 0 Å². The van der Waals surface area contributed by atoms with E-state index in [-0.39, 0.29) is 0 Å². The lowest BCUT2D eigenvalue weighted by Crippen LogP contribution is -2.10. The van der Waals surface area contributed by atoms with Crippen molar-refractivity contribution in [2.75, 3.05) is 11.9 Å². The molecule has 1 aromatic carbocycles. The number of aromatic nitrogens is 2. The van der Waals surface area contributed by atoms with Gasteiger partial charge >= 0.3 is 0 Å². The Hall–Kier alpha value is -1.29. The Bertz CT molecular complexity index is 519. The number of aromatic amines is 1. The van der Waals surface area contributed by atoms with Crippen molar-refractivity contribution in [3.63, 3.8) is 0 Å². The molecule has 0 aliphatic carbocycles. The van der Waals surface area contributed by atoms with Gasteiger partial charge in [-0.3, -0.25) is 5.10 Å². The number of aryl methyl sites for hydroxylation is 1. The maximum atomic E-state index is 4.40. The molecule has 0 saturated heterocycles. The molecule has 1 aliphatic rings. The quantitative estimate of drug-likeness (QED) is 0.841. The summed E-state index contributed by atoms with van der Waals surface area (Å²) in [5.41, 5.74) is 4.56. The van der Waals surface area contributed by atoms with E-state index in [2.05, 4.69) is 43.6 Å². The van der Waals surface area contributed by atoms with Crippen molar-refractivity contribution in [3.8, 4) is 11.3 Å². The Kier molecular flexibility index (Phi) is 2.44. The number of nitrogens with zero attached hydrogens (tertiary/aromatic N) is 1. The summed E-state index contributed by atoms with van der Waals surface area (Å²) in [6.45, 7) is 1.04. The Balaban J connectivity index is 2.09. The Labute approximate surface area is 102 Å². The summed E-state index contributed by atoms with van der Waals surface area (Å²) in [5.74, 6) is 0. The lowest BCUT2D eigenvalue weighted by molar-refractivity contribution is 0.801. The van der Waals surface area contributed by atoms with E-state index in [9.17, 15) is 0 Å². The third-order valence-electron chi connectivity index (χ3n) is 2.84. The molecular formula is C12H12BrN3. The van der Waals surface area contributed by atoms with Gasteiger partial charge in [0, 0.05) is 16.6 Å². The van der Waals surface area contributed by atoms with Crippen LogP contribution in [0, 0.1) is 0 Å². The molecule has 0 unspecified atom stereocenters. The van der Waals surface area contributed by atoms with Crippen LogP contribution in [0.5, 0.6) is 0 Å². The van der Waals surface area contributed by atoms with Gasteiger partial charge in [-0.25, -0.2) is 0 Å². The topological polar surface area (TPSA) is 40.7 Å². The second-order valence-electron chi connectivity index (χ2n) is 3.97. The minimum Gasteiger partial charge on any atom is -0.382 e. The highest BCUT2D eigenvalue weighted by atomic mass is 79.9. The number of H-pyrrole nitrogens is 1. The molecule has 2 aromatic rings. The molecule has 0 fully saturated rings. The number of anilines is 1. The molecular weight excluding hydrogens is 266 g/mol. The van der Waals surface area contributed by atoms with Crippen LogP contribution in [0.3, 0.4) is 0 Å². The van der Waals surface area contributed by atoms with E-state index in [4.69, 9.17) is 0 Å². The minimum atomic E-state index is 1.02.